The maximum atomic E-state index is 13.3. The average Bonchev–Trinajstić information content (AvgIpc) is 2.94. The Hall–Kier alpha value is -4.58. The SMILES string of the molecule is CCCc1nc2ccc(Br)cc2c(=O)n1N=Cc1cc(OCC)c(OCC(=O)Nc2ccc(C)cc2)c([N+](=O)[O-])c1. The van der Waals surface area contributed by atoms with Crippen LogP contribution in [0.1, 0.15) is 37.2 Å². The van der Waals surface area contributed by atoms with Gasteiger partial charge in [0, 0.05) is 28.2 Å². The Morgan fingerprint density at radius 3 is 2.59 bits per heavy atom. The maximum Gasteiger partial charge on any atom is 0.315 e. The lowest BCUT2D eigenvalue weighted by molar-refractivity contribution is -0.385. The second kappa shape index (κ2) is 13.2. The molecule has 0 aliphatic carbocycles. The fourth-order valence-electron chi connectivity index (χ4n) is 4.02. The van der Waals surface area contributed by atoms with Gasteiger partial charge in [0.1, 0.15) is 5.82 Å². The van der Waals surface area contributed by atoms with Gasteiger partial charge in [-0.3, -0.25) is 19.7 Å². The van der Waals surface area contributed by atoms with Crippen molar-refractivity contribution in [3.8, 4) is 11.5 Å². The van der Waals surface area contributed by atoms with E-state index in [1.165, 1.54) is 23.0 Å². The lowest BCUT2D eigenvalue weighted by Gasteiger charge is -2.13. The van der Waals surface area contributed by atoms with Gasteiger partial charge >= 0.3 is 5.69 Å². The van der Waals surface area contributed by atoms with Crippen molar-refractivity contribution < 1.29 is 19.2 Å². The molecule has 0 spiro atoms. The largest absolute Gasteiger partial charge is 0.490 e. The molecule has 1 amide bonds. The van der Waals surface area contributed by atoms with Gasteiger partial charge in [-0.1, -0.05) is 40.5 Å². The number of carbonyl (C=O) groups excluding carboxylic acids is 1. The molecule has 0 atom stereocenters. The molecule has 0 aliphatic heterocycles. The minimum Gasteiger partial charge on any atom is -0.490 e. The zero-order chi connectivity index (χ0) is 29.5. The highest BCUT2D eigenvalue weighted by Crippen LogP contribution is 2.38. The molecule has 0 aliphatic rings. The summed E-state index contributed by atoms with van der Waals surface area (Å²) in [6.07, 6.45) is 2.56. The van der Waals surface area contributed by atoms with Gasteiger partial charge in [0.2, 0.25) is 5.75 Å². The van der Waals surface area contributed by atoms with E-state index in [2.05, 4.69) is 31.3 Å². The number of rotatable bonds is 11. The number of benzene rings is 3. The number of hydrogen-bond donors (Lipinski definition) is 1. The summed E-state index contributed by atoms with van der Waals surface area (Å²) in [6.45, 7) is 5.32. The Kier molecular flexibility index (Phi) is 9.45. The normalized spacial score (nSPS) is 11.1. The van der Waals surface area contributed by atoms with Crippen LogP contribution < -0.4 is 20.3 Å². The summed E-state index contributed by atoms with van der Waals surface area (Å²) in [4.78, 5) is 41.7. The van der Waals surface area contributed by atoms with Gasteiger partial charge in [-0.25, -0.2) is 4.98 Å². The second-order valence-electron chi connectivity index (χ2n) is 9.06. The topological polar surface area (TPSA) is 138 Å². The van der Waals surface area contributed by atoms with E-state index in [1.54, 1.807) is 31.2 Å². The Balaban J connectivity index is 1.67. The number of aryl methyl sites for hydroxylation is 2. The smallest absolute Gasteiger partial charge is 0.315 e. The second-order valence-corrected chi connectivity index (χ2v) is 9.98. The van der Waals surface area contributed by atoms with Crippen LogP contribution >= 0.6 is 15.9 Å². The van der Waals surface area contributed by atoms with Gasteiger partial charge in [0.05, 0.1) is 28.6 Å². The zero-order valence-corrected chi connectivity index (χ0v) is 24.3. The van der Waals surface area contributed by atoms with Gasteiger partial charge in [-0.15, -0.1) is 0 Å². The number of aromatic nitrogens is 2. The number of hydrogen-bond acceptors (Lipinski definition) is 8. The molecule has 12 heteroatoms. The Labute approximate surface area is 244 Å². The Morgan fingerprint density at radius 2 is 1.90 bits per heavy atom. The molecule has 0 saturated carbocycles. The third-order valence-corrected chi connectivity index (χ3v) is 6.40. The first-order valence-electron chi connectivity index (χ1n) is 12.9. The number of anilines is 1. The fourth-order valence-corrected chi connectivity index (χ4v) is 4.38. The molecular weight excluding hydrogens is 594 g/mol. The molecule has 0 bridgehead atoms. The van der Waals surface area contributed by atoms with E-state index in [0.29, 0.717) is 34.4 Å². The summed E-state index contributed by atoms with van der Waals surface area (Å²) in [5.74, 6) is -0.153. The van der Waals surface area contributed by atoms with E-state index in [9.17, 15) is 19.7 Å². The first kappa shape index (κ1) is 29.4. The van der Waals surface area contributed by atoms with Crippen molar-refractivity contribution in [2.45, 2.75) is 33.6 Å². The molecule has 0 radical (unpaired) electrons. The van der Waals surface area contributed by atoms with Crippen LogP contribution in [-0.2, 0) is 11.2 Å². The van der Waals surface area contributed by atoms with Crippen molar-refractivity contribution in [1.82, 2.24) is 9.66 Å². The summed E-state index contributed by atoms with van der Waals surface area (Å²) in [5, 5.41) is 19.4. The number of halogens is 1. The third kappa shape index (κ3) is 7.14. The van der Waals surface area contributed by atoms with Crippen molar-refractivity contribution in [3.63, 3.8) is 0 Å². The van der Waals surface area contributed by atoms with Crippen LogP contribution in [-0.4, -0.2) is 39.9 Å². The number of nitrogens with zero attached hydrogens (tertiary/aromatic N) is 4. The zero-order valence-electron chi connectivity index (χ0n) is 22.7. The molecule has 11 nitrogen and oxygen atoms in total. The molecule has 1 N–H and O–H groups in total. The molecule has 4 rings (SSSR count). The van der Waals surface area contributed by atoms with Gasteiger partial charge in [-0.05, 0) is 56.7 Å². The lowest BCUT2D eigenvalue weighted by Crippen LogP contribution is -2.22. The predicted octanol–water partition coefficient (Wildman–Crippen LogP) is 5.63. The molecule has 1 heterocycles. The quantitative estimate of drug-likeness (QED) is 0.130. The first-order valence-corrected chi connectivity index (χ1v) is 13.7. The number of nitro groups is 1. The highest BCUT2D eigenvalue weighted by Gasteiger charge is 2.23. The Bertz CT molecular complexity index is 1680. The molecule has 0 fully saturated rings. The monoisotopic (exact) mass is 621 g/mol. The van der Waals surface area contributed by atoms with E-state index < -0.39 is 23.1 Å². The predicted molar refractivity (Wildman–Crippen MR) is 160 cm³/mol. The van der Waals surface area contributed by atoms with Crippen molar-refractivity contribution in [2.75, 3.05) is 18.5 Å². The molecule has 0 unspecified atom stereocenters. The number of carbonyl (C=O) groups is 1. The summed E-state index contributed by atoms with van der Waals surface area (Å²) in [5.41, 5.74) is 1.67. The number of nitro benzene ring substituents is 1. The van der Waals surface area contributed by atoms with Gasteiger partial charge in [0.25, 0.3) is 11.5 Å². The first-order chi connectivity index (χ1) is 19.7. The van der Waals surface area contributed by atoms with Crippen molar-refractivity contribution in [3.05, 3.63) is 96.5 Å². The highest BCUT2D eigenvalue weighted by atomic mass is 79.9. The molecule has 0 saturated heterocycles. The van der Waals surface area contributed by atoms with Crippen molar-refractivity contribution in [2.24, 2.45) is 5.10 Å². The minimum atomic E-state index is -0.628. The van der Waals surface area contributed by atoms with Crippen LogP contribution in [0, 0.1) is 17.0 Å². The van der Waals surface area contributed by atoms with E-state index in [0.717, 1.165) is 16.5 Å². The summed E-state index contributed by atoms with van der Waals surface area (Å²) in [7, 11) is 0. The molecule has 212 valence electrons. The van der Waals surface area contributed by atoms with E-state index in [-0.39, 0.29) is 23.7 Å². The number of fused-ring (bicyclic) bond motifs is 1. The maximum absolute atomic E-state index is 13.3. The average molecular weight is 622 g/mol. The van der Waals surface area contributed by atoms with Crippen LogP contribution in [0.15, 0.2) is 69.0 Å². The molecule has 4 aromatic rings. The minimum absolute atomic E-state index is 0.0629. The van der Waals surface area contributed by atoms with Crippen LogP contribution in [0.3, 0.4) is 0 Å². The lowest BCUT2D eigenvalue weighted by atomic mass is 10.2. The van der Waals surface area contributed by atoms with Gasteiger partial charge in [0.15, 0.2) is 12.4 Å². The number of nitrogens with one attached hydrogen (secondary N) is 1. The van der Waals surface area contributed by atoms with E-state index >= 15 is 0 Å². The van der Waals surface area contributed by atoms with E-state index in [4.69, 9.17) is 9.47 Å². The fraction of sp³-hybridized carbons (Fsp3) is 0.241. The van der Waals surface area contributed by atoms with Crippen LogP contribution in [0.5, 0.6) is 11.5 Å². The third-order valence-electron chi connectivity index (χ3n) is 5.91. The summed E-state index contributed by atoms with van der Waals surface area (Å²) < 4.78 is 13.2. The van der Waals surface area contributed by atoms with Gasteiger partial charge < -0.3 is 14.8 Å². The summed E-state index contributed by atoms with van der Waals surface area (Å²) in [6, 6.07) is 15.2. The standard InChI is InChI=1S/C29H28BrN5O6/c1-4-6-26-33-23-12-9-20(30)15-22(23)29(37)34(26)31-16-19-13-24(35(38)39)28(25(14-19)40-5-2)41-17-27(36)32-21-10-7-18(3)8-11-21/h7-16H,4-6,17H2,1-3H3,(H,32,36). The van der Waals surface area contributed by atoms with Crippen LogP contribution in [0.2, 0.25) is 0 Å². The van der Waals surface area contributed by atoms with Crippen LogP contribution in [0.25, 0.3) is 10.9 Å². The van der Waals surface area contributed by atoms with E-state index in [1.807, 2.05) is 32.0 Å². The van der Waals surface area contributed by atoms with Crippen molar-refractivity contribution in [1.29, 1.82) is 0 Å². The highest BCUT2D eigenvalue weighted by molar-refractivity contribution is 9.10. The molecule has 1 aromatic heterocycles. The van der Waals surface area contributed by atoms with Crippen LogP contribution in [0.4, 0.5) is 11.4 Å². The number of ether oxygens (including phenoxy) is 2. The Morgan fingerprint density at radius 1 is 1.15 bits per heavy atom. The van der Waals surface area contributed by atoms with Crippen molar-refractivity contribution >= 4 is 50.3 Å². The van der Waals surface area contributed by atoms with Gasteiger partial charge in [-0.2, -0.15) is 9.78 Å². The summed E-state index contributed by atoms with van der Waals surface area (Å²) >= 11 is 3.38. The molecular formula is C29H28BrN5O6. The molecule has 41 heavy (non-hydrogen) atoms. The number of amides is 1. The molecule has 3 aromatic carbocycles.